The molecular weight excluding hydrogens is 228 g/mol. The van der Waals surface area contributed by atoms with Crippen LogP contribution in [0.25, 0.3) is 0 Å². The van der Waals surface area contributed by atoms with Crippen LogP contribution >= 0.6 is 0 Å². The summed E-state index contributed by atoms with van der Waals surface area (Å²) >= 11 is 0. The molecule has 0 saturated heterocycles. The molecule has 0 bridgehead atoms. The Labute approximate surface area is 110 Å². The van der Waals surface area contributed by atoms with Gasteiger partial charge in [0.1, 0.15) is 11.9 Å². The summed E-state index contributed by atoms with van der Waals surface area (Å²) in [6, 6.07) is 3.92. The zero-order valence-electron chi connectivity index (χ0n) is 12.0. The van der Waals surface area contributed by atoms with E-state index in [4.69, 9.17) is 9.47 Å². The lowest BCUT2D eigenvalue weighted by Gasteiger charge is -2.20. The van der Waals surface area contributed by atoms with Crippen molar-refractivity contribution >= 4 is 0 Å². The van der Waals surface area contributed by atoms with Crippen LogP contribution in [0.1, 0.15) is 33.4 Å². The third-order valence-electron chi connectivity index (χ3n) is 2.34. The number of ether oxygens (including phenoxy) is 2. The summed E-state index contributed by atoms with van der Waals surface area (Å²) in [7, 11) is 1.67. The Morgan fingerprint density at radius 3 is 2.56 bits per heavy atom. The number of methoxy groups -OCH3 is 1. The normalized spacial score (nSPS) is 13.4. The molecule has 1 heterocycles. The second-order valence-corrected chi connectivity index (χ2v) is 5.47. The molecule has 1 aromatic heterocycles. The predicted molar refractivity (Wildman–Crippen MR) is 72.8 cm³/mol. The van der Waals surface area contributed by atoms with E-state index in [9.17, 15) is 0 Å². The van der Waals surface area contributed by atoms with E-state index in [1.807, 2.05) is 19.1 Å². The Kier molecular flexibility index (Phi) is 5.56. The molecule has 0 aliphatic heterocycles. The summed E-state index contributed by atoms with van der Waals surface area (Å²) in [6.45, 7) is 9.72. The van der Waals surface area contributed by atoms with Gasteiger partial charge in [-0.1, -0.05) is 0 Å². The van der Waals surface area contributed by atoms with Crippen LogP contribution in [0.5, 0.6) is 5.75 Å². The van der Waals surface area contributed by atoms with Crippen molar-refractivity contribution in [1.29, 1.82) is 0 Å². The first-order valence-corrected chi connectivity index (χ1v) is 6.26. The highest BCUT2D eigenvalue weighted by atomic mass is 16.5. The smallest absolute Gasteiger partial charge is 0.138 e. The maximum absolute atomic E-state index is 5.65. The number of aromatic nitrogens is 1. The average molecular weight is 252 g/mol. The van der Waals surface area contributed by atoms with Crippen molar-refractivity contribution in [1.82, 2.24) is 10.3 Å². The Hall–Kier alpha value is -1.13. The van der Waals surface area contributed by atoms with Crippen LogP contribution in [-0.4, -0.2) is 30.3 Å². The van der Waals surface area contributed by atoms with Gasteiger partial charge in [0, 0.05) is 19.2 Å². The van der Waals surface area contributed by atoms with Crippen LogP contribution in [-0.2, 0) is 11.3 Å². The fourth-order valence-corrected chi connectivity index (χ4v) is 1.44. The van der Waals surface area contributed by atoms with E-state index in [2.05, 4.69) is 31.1 Å². The molecule has 0 radical (unpaired) electrons. The molecule has 0 aliphatic carbocycles. The van der Waals surface area contributed by atoms with Crippen LogP contribution in [0.4, 0.5) is 0 Å². The maximum Gasteiger partial charge on any atom is 0.138 e. The summed E-state index contributed by atoms with van der Waals surface area (Å²) in [4.78, 5) is 4.37. The van der Waals surface area contributed by atoms with Crippen molar-refractivity contribution in [3.63, 3.8) is 0 Å². The van der Waals surface area contributed by atoms with Crippen LogP contribution in [0, 0.1) is 0 Å². The molecule has 0 spiro atoms. The standard InChI is InChI=1S/C14H24N2O2/c1-11(10-17-5)18-13-7-6-12(15-9-13)8-16-14(2,3)4/h6-7,9,11,16H,8,10H2,1-5H3. The van der Waals surface area contributed by atoms with Gasteiger partial charge in [0.25, 0.3) is 0 Å². The van der Waals surface area contributed by atoms with Crippen molar-refractivity contribution in [3.05, 3.63) is 24.0 Å². The second-order valence-electron chi connectivity index (χ2n) is 5.47. The van der Waals surface area contributed by atoms with E-state index in [1.54, 1.807) is 13.3 Å². The quantitative estimate of drug-likeness (QED) is 0.844. The zero-order chi connectivity index (χ0) is 13.6. The van der Waals surface area contributed by atoms with E-state index >= 15 is 0 Å². The zero-order valence-corrected chi connectivity index (χ0v) is 12.0. The minimum absolute atomic E-state index is 0.0374. The van der Waals surface area contributed by atoms with Crippen molar-refractivity contribution in [2.45, 2.75) is 45.9 Å². The molecule has 1 atom stereocenters. The maximum atomic E-state index is 5.65. The van der Waals surface area contributed by atoms with Gasteiger partial charge in [-0.2, -0.15) is 0 Å². The number of rotatable bonds is 6. The van der Waals surface area contributed by atoms with Crippen LogP contribution in [0.15, 0.2) is 18.3 Å². The summed E-state index contributed by atoms with van der Waals surface area (Å²) in [5.74, 6) is 0.777. The minimum atomic E-state index is 0.0374. The molecule has 0 fully saturated rings. The van der Waals surface area contributed by atoms with Crippen LogP contribution in [0.3, 0.4) is 0 Å². The first kappa shape index (κ1) is 14.9. The molecule has 4 nitrogen and oxygen atoms in total. The molecule has 102 valence electrons. The fraction of sp³-hybridized carbons (Fsp3) is 0.643. The van der Waals surface area contributed by atoms with Gasteiger partial charge in [-0.3, -0.25) is 4.98 Å². The number of nitrogens with zero attached hydrogens (tertiary/aromatic N) is 1. The van der Waals surface area contributed by atoms with Gasteiger partial charge < -0.3 is 14.8 Å². The molecular formula is C14H24N2O2. The highest BCUT2D eigenvalue weighted by molar-refractivity contribution is 5.20. The predicted octanol–water partition coefficient (Wildman–Crippen LogP) is 2.38. The Morgan fingerprint density at radius 2 is 2.06 bits per heavy atom. The molecule has 0 saturated carbocycles. The lowest BCUT2D eigenvalue weighted by Crippen LogP contribution is -2.35. The SMILES string of the molecule is COCC(C)Oc1ccc(CNC(C)(C)C)nc1. The third-order valence-corrected chi connectivity index (χ3v) is 2.34. The fourth-order valence-electron chi connectivity index (χ4n) is 1.44. The highest BCUT2D eigenvalue weighted by Crippen LogP contribution is 2.12. The van der Waals surface area contributed by atoms with Crippen molar-refractivity contribution in [2.24, 2.45) is 0 Å². The second kappa shape index (κ2) is 6.71. The van der Waals surface area contributed by atoms with E-state index in [-0.39, 0.29) is 11.6 Å². The lowest BCUT2D eigenvalue weighted by molar-refractivity contribution is 0.0918. The number of hydrogen-bond acceptors (Lipinski definition) is 4. The molecule has 0 aliphatic rings. The average Bonchev–Trinajstić information content (AvgIpc) is 2.27. The first-order valence-electron chi connectivity index (χ1n) is 6.26. The Bertz CT molecular complexity index is 344. The van der Waals surface area contributed by atoms with Gasteiger partial charge in [0.05, 0.1) is 18.5 Å². The summed E-state index contributed by atoms with van der Waals surface area (Å²) in [6.07, 6.45) is 1.79. The van der Waals surface area contributed by atoms with Gasteiger partial charge in [-0.15, -0.1) is 0 Å². The molecule has 1 aromatic rings. The summed E-state index contributed by atoms with van der Waals surface area (Å²) in [5, 5.41) is 3.40. The Balaban J connectivity index is 2.47. The van der Waals surface area contributed by atoms with Gasteiger partial charge in [-0.25, -0.2) is 0 Å². The first-order chi connectivity index (χ1) is 8.40. The van der Waals surface area contributed by atoms with E-state index in [0.29, 0.717) is 6.61 Å². The minimum Gasteiger partial charge on any atom is -0.487 e. The monoisotopic (exact) mass is 252 g/mol. The number of nitrogens with one attached hydrogen (secondary N) is 1. The van der Waals surface area contributed by atoms with Crippen molar-refractivity contribution < 1.29 is 9.47 Å². The van der Waals surface area contributed by atoms with Crippen molar-refractivity contribution in [2.75, 3.05) is 13.7 Å². The Morgan fingerprint density at radius 1 is 1.33 bits per heavy atom. The van der Waals surface area contributed by atoms with E-state index < -0.39 is 0 Å². The lowest BCUT2D eigenvalue weighted by atomic mass is 10.1. The molecule has 1 N–H and O–H groups in total. The topological polar surface area (TPSA) is 43.4 Å². The summed E-state index contributed by atoms with van der Waals surface area (Å²) in [5.41, 5.74) is 1.11. The van der Waals surface area contributed by atoms with Gasteiger partial charge in [-0.05, 0) is 39.8 Å². The summed E-state index contributed by atoms with van der Waals surface area (Å²) < 4.78 is 10.7. The number of hydrogen-bond donors (Lipinski definition) is 1. The third kappa shape index (κ3) is 5.98. The molecule has 0 amide bonds. The largest absolute Gasteiger partial charge is 0.487 e. The van der Waals surface area contributed by atoms with Gasteiger partial charge in [0.15, 0.2) is 0 Å². The number of pyridine rings is 1. The van der Waals surface area contributed by atoms with Gasteiger partial charge >= 0.3 is 0 Å². The van der Waals surface area contributed by atoms with Gasteiger partial charge in [0.2, 0.25) is 0 Å². The molecule has 1 unspecified atom stereocenters. The van der Waals surface area contributed by atoms with E-state index in [1.165, 1.54) is 0 Å². The van der Waals surface area contributed by atoms with Crippen molar-refractivity contribution in [3.8, 4) is 5.75 Å². The molecule has 18 heavy (non-hydrogen) atoms. The van der Waals surface area contributed by atoms with Crippen LogP contribution < -0.4 is 10.1 Å². The highest BCUT2D eigenvalue weighted by Gasteiger charge is 2.09. The molecule has 0 aromatic carbocycles. The molecule has 4 heteroatoms. The molecule has 1 rings (SSSR count). The van der Waals surface area contributed by atoms with E-state index in [0.717, 1.165) is 18.0 Å². The van der Waals surface area contributed by atoms with Crippen LogP contribution in [0.2, 0.25) is 0 Å².